The summed E-state index contributed by atoms with van der Waals surface area (Å²) in [5.41, 5.74) is 2.52. The maximum atomic E-state index is 5.89. The van der Waals surface area contributed by atoms with Crippen molar-refractivity contribution >= 4 is 17.6 Å². The van der Waals surface area contributed by atoms with Crippen molar-refractivity contribution in [1.82, 2.24) is 20.4 Å². The highest BCUT2D eigenvalue weighted by molar-refractivity contribution is 6.30. The third-order valence-corrected chi connectivity index (χ3v) is 3.79. The summed E-state index contributed by atoms with van der Waals surface area (Å²) in [6.45, 7) is 1.72. The van der Waals surface area contributed by atoms with Crippen LogP contribution in [0.25, 0.3) is 0 Å². The first-order chi connectivity index (χ1) is 11.2. The zero-order valence-corrected chi connectivity index (χ0v) is 14.5. The van der Waals surface area contributed by atoms with Crippen molar-refractivity contribution in [2.24, 2.45) is 12.0 Å². The van der Waals surface area contributed by atoms with E-state index in [9.17, 15) is 0 Å². The fourth-order valence-electron chi connectivity index (χ4n) is 2.30. The number of nitrogens with zero attached hydrogens (tertiary/aromatic N) is 3. The second-order valence-electron chi connectivity index (χ2n) is 5.43. The number of aliphatic imine (C=N–C) groups is 1. The number of hydrogen-bond acceptors (Lipinski definition) is 2. The van der Waals surface area contributed by atoms with E-state index < -0.39 is 0 Å². The smallest absolute Gasteiger partial charge is 0.190 e. The molecule has 0 saturated heterocycles. The maximum absolute atomic E-state index is 5.89. The number of benzene rings is 1. The minimum absolute atomic E-state index is 0.771. The largest absolute Gasteiger partial charge is 0.356 e. The molecule has 124 valence electrons. The Hall–Kier alpha value is -2.01. The third-order valence-electron chi connectivity index (χ3n) is 3.54. The van der Waals surface area contributed by atoms with E-state index in [1.807, 2.05) is 42.2 Å². The summed E-state index contributed by atoms with van der Waals surface area (Å²) < 4.78 is 1.83. The number of hydrogen-bond donors (Lipinski definition) is 2. The lowest BCUT2D eigenvalue weighted by atomic mass is 10.1. The van der Waals surface area contributed by atoms with E-state index in [-0.39, 0.29) is 0 Å². The van der Waals surface area contributed by atoms with E-state index >= 15 is 0 Å². The molecule has 0 atom stereocenters. The Morgan fingerprint density at radius 2 is 1.87 bits per heavy atom. The molecule has 0 aliphatic heterocycles. The number of rotatable bonds is 7. The van der Waals surface area contributed by atoms with E-state index in [2.05, 4.69) is 26.9 Å². The van der Waals surface area contributed by atoms with E-state index in [0.717, 1.165) is 43.3 Å². The molecule has 1 heterocycles. The number of halogens is 1. The summed E-state index contributed by atoms with van der Waals surface area (Å²) in [7, 11) is 3.73. The molecule has 6 heteroatoms. The predicted octanol–water partition coefficient (Wildman–Crippen LogP) is 2.41. The van der Waals surface area contributed by atoms with Crippen LogP contribution in [0.2, 0.25) is 5.02 Å². The molecule has 0 bridgehead atoms. The minimum atomic E-state index is 0.771. The molecule has 0 radical (unpaired) electrons. The fourth-order valence-corrected chi connectivity index (χ4v) is 2.42. The van der Waals surface area contributed by atoms with Gasteiger partial charge in [-0.1, -0.05) is 23.7 Å². The van der Waals surface area contributed by atoms with Crippen molar-refractivity contribution in [2.45, 2.75) is 19.3 Å². The molecule has 2 rings (SSSR count). The van der Waals surface area contributed by atoms with Gasteiger partial charge in [-0.2, -0.15) is 5.10 Å². The van der Waals surface area contributed by atoms with Crippen LogP contribution in [-0.2, 0) is 19.9 Å². The van der Waals surface area contributed by atoms with Gasteiger partial charge in [0.15, 0.2) is 5.96 Å². The Labute approximate surface area is 142 Å². The van der Waals surface area contributed by atoms with Crippen molar-refractivity contribution < 1.29 is 0 Å². The van der Waals surface area contributed by atoms with Gasteiger partial charge >= 0.3 is 0 Å². The number of nitrogens with one attached hydrogen (secondary N) is 2. The SMILES string of the molecule is CN=C(NCCCc1cnn(C)c1)NCCc1ccc(Cl)cc1. The summed E-state index contributed by atoms with van der Waals surface area (Å²) in [5, 5.41) is 11.6. The second-order valence-corrected chi connectivity index (χ2v) is 5.86. The van der Waals surface area contributed by atoms with E-state index in [0.29, 0.717) is 0 Å². The van der Waals surface area contributed by atoms with Gasteiger partial charge in [0.05, 0.1) is 6.20 Å². The van der Waals surface area contributed by atoms with Crippen molar-refractivity contribution in [3.8, 4) is 0 Å². The summed E-state index contributed by atoms with van der Waals surface area (Å²) in [6, 6.07) is 7.94. The zero-order chi connectivity index (χ0) is 16.5. The standard InChI is InChI=1S/C17H24ClN5/c1-19-17(20-10-3-4-15-12-22-23(2)13-15)21-11-9-14-5-7-16(18)8-6-14/h5-8,12-13H,3-4,9-11H2,1-2H3,(H2,19,20,21). The molecule has 0 fully saturated rings. The lowest BCUT2D eigenvalue weighted by Gasteiger charge is -2.11. The molecule has 23 heavy (non-hydrogen) atoms. The highest BCUT2D eigenvalue weighted by atomic mass is 35.5. The Morgan fingerprint density at radius 3 is 2.52 bits per heavy atom. The summed E-state index contributed by atoms with van der Waals surface area (Å²) in [6.07, 6.45) is 6.97. The molecule has 0 spiro atoms. The lowest BCUT2D eigenvalue weighted by Crippen LogP contribution is -2.38. The molecular weight excluding hydrogens is 310 g/mol. The van der Waals surface area contributed by atoms with Gasteiger partial charge < -0.3 is 10.6 Å². The van der Waals surface area contributed by atoms with Crippen LogP contribution >= 0.6 is 11.6 Å². The molecule has 5 nitrogen and oxygen atoms in total. The number of aromatic nitrogens is 2. The van der Waals surface area contributed by atoms with Crippen LogP contribution in [0.3, 0.4) is 0 Å². The highest BCUT2D eigenvalue weighted by Gasteiger charge is 2.00. The molecule has 1 aromatic carbocycles. The van der Waals surface area contributed by atoms with Crippen LogP contribution in [0.15, 0.2) is 41.7 Å². The molecule has 0 saturated carbocycles. The average Bonchev–Trinajstić information content (AvgIpc) is 2.97. The van der Waals surface area contributed by atoms with Gasteiger partial charge in [-0.3, -0.25) is 9.67 Å². The van der Waals surface area contributed by atoms with Gasteiger partial charge in [0.2, 0.25) is 0 Å². The molecule has 2 aromatic rings. The van der Waals surface area contributed by atoms with Crippen LogP contribution in [0.4, 0.5) is 0 Å². The molecule has 0 aliphatic carbocycles. The van der Waals surface area contributed by atoms with Gasteiger partial charge in [0.25, 0.3) is 0 Å². The minimum Gasteiger partial charge on any atom is -0.356 e. The second kappa shape index (κ2) is 9.20. The van der Waals surface area contributed by atoms with Crippen LogP contribution < -0.4 is 10.6 Å². The molecule has 2 N–H and O–H groups in total. The number of aryl methyl sites for hydroxylation is 2. The lowest BCUT2D eigenvalue weighted by molar-refractivity contribution is 0.736. The topological polar surface area (TPSA) is 54.2 Å². The van der Waals surface area contributed by atoms with E-state index in [4.69, 9.17) is 11.6 Å². The first-order valence-electron chi connectivity index (χ1n) is 7.84. The Balaban J connectivity index is 1.62. The monoisotopic (exact) mass is 333 g/mol. The summed E-state index contributed by atoms with van der Waals surface area (Å²) in [4.78, 5) is 4.24. The van der Waals surface area contributed by atoms with Crippen LogP contribution in [-0.4, -0.2) is 35.9 Å². The van der Waals surface area contributed by atoms with E-state index in [1.54, 1.807) is 7.05 Å². The van der Waals surface area contributed by atoms with Crippen LogP contribution in [0.5, 0.6) is 0 Å². The van der Waals surface area contributed by atoms with Crippen molar-refractivity contribution in [3.63, 3.8) is 0 Å². The van der Waals surface area contributed by atoms with Crippen LogP contribution in [0.1, 0.15) is 17.5 Å². The Kier molecular flexibility index (Phi) is 6.94. The molecule has 0 amide bonds. The predicted molar refractivity (Wildman–Crippen MR) is 96.0 cm³/mol. The average molecular weight is 334 g/mol. The van der Waals surface area contributed by atoms with Gasteiger partial charge in [-0.05, 0) is 42.5 Å². The van der Waals surface area contributed by atoms with Crippen LogP contribution in [0, 0.1) is 0 Å². The fraction of sp³-hybridized carbons (Fsp3) is 0.412. The summed E-state index contributed by atoms with van der Waals surface area (Å²) in [5.74, 6) is 0.838. The van der Waals surface area contributed by atoms with Gasteiger partial charge in [-0.25, -0.2) is 0 Å². The summed E-state index contributed by atoms with van der Waals surface area (Å²) >= 11 is 5.89. The quantitative estimate of drug-likeness (QED) is 0.465. The first kappa shape index (κ1) is 17.3. The van der Waals surface area contributed by atoms with Crippen molar-refractivity contribution in [3.05, 3.63) is 52.8 Å². The molecule has 0 aliphatic rings. The molecule has 0 unspecified atom stereocenters. The maximum Gasteiger partial charge on any atom is 0.190 e. The van der Waals surface area contributed by atoms with Crippen molar-refractivity contribution in [2.75, 3.05) is 20.1 Å². The molecular formula is C17H24ClN5. The Bertz CT molecular complexity index is 618. The first-order valence-corrected chi connectivity index (χ1v) is 8.21. The van der Waals surface area contributed by atoms with Gasteiger partial charge in [0.1, 0.15) is 0 Å². The van der Waals surface area contributed by atoms with Gasteiger partial charge in [-0.15, -0.1) is 0 Å². The van der Waals surface area contributed by atoms with E-state index in [1.165, 1.54) is 11.1 Å². The van der Waals surface area contributed by atoms with Crippen molar-refractivity contribution in [1.29, 1.82) is 0 Å². The number of guanidine groups is 1. The Morgan fingerprint density at radius 1 is 1.13 bits per heavy atom. The molecule has 1 aromatic heterocycles. The zero-order valence-electron chi connectivity index (χ0n) is 13.7. The highest BCUT2D eigenvalue weighted by Crippen LogP contribution is 2.09. The third kappa shape index (κ3) is 6.32. The normalized spacial score (nSPS) is 11.5. The van der Waals surface area contributed by atoms with Gasteiger partial charge in [0, 0.05) is 38.4 Å².